The number of amides is 1. The molecule has 1 amide bonds. The standard InChI is InChI=1S/C23H21ClN4O3S/c1-13-12-19(27-31-13)25-22(29)20-14(2)28(15-8-10-16(30-3)11-9-15)23(32)26-21(20)17-6-4-5-7-18(17)24/h4-12,21H,1-3H3,(H,26,32)(H,25,27,29). The van der Waals surface area contributed by atoms with Crippen molar-refractivity contribution in [3.05, 3.63) is 82.2 Å². The Hall–Kier alpha value is -3.36. The lowest BCUT2D eigenvalue weighted by atomic mass is 9.94. The number of ether oxygens (including phenoxy) is 1. The highest BCUT2D eigenvalue weighted by Gasteiger charge is 2.35. The van der Waals surface area contributed by atoms with Crippen LogP contribution in [0.4, 0.5) is 11.5 Å². The van der Waals surface area contributed by atoms with Crippen LogP contribution in [0, 0.1) is 6.92 Å². The van der Waals surface area contributed by atoms with E-state index < -0.39 is 6.04 Å². The molecule has 0 saturated carbocycles. The first kappa shape index (κ1) is 21.9. The van der Waals surface area contributed by atoms with Gasteiger partial charge in [0.15, 0.2) is 10.9 Å². The van der Waals surface area contributed by atoms with Crippen molar-refractivity contribution >= 4 is 46.3 Å². The molecule has 0 fully saturated rings. The molecule has 1 unspecified atom stereocenters. The molecule has 1 aliphatic rings. The Morgan fingerprint density at radius 3 is 2.56 bits per heavy atom. The molecule has 0 aliphatic carbocycles. The van der Waals surface area contributed by atoms with Crippen molar-refractivity contribution < 1.29 is 14.1 Å². The summed E-state index contributed by atoms with van der Waals surface area (Å²) in [6.07, 6.45) is 0. The fourth-order valence-electron chi connectivity index (χ4n) is 3.63. The third kappa shape index (κ3) is 4.19. The van der Waals surface area contributed by atoms with E-state index in [1.54, 1.807) is 26.2 Å². The molecule has 164 valence electrons. The van der Waals surface area contributed by atoms with Crippen molar-refractivity contribution in [2.24, 2.45) is 0 Å². The van der Waals surface area contributed by atoms with Crippen molar-refractivity contribution in [2.45, 2.75) is 19.9 Å². The molecule has 7 nitrogen and oxygen atoms in total. The third-order valence-electron chi connectivity index (χ3n) is 5.15. The lowest BCUT2D eigenvalue weighted by Gasteiger charge is -2.38. The molecule has 0 radical (unpaired) electrons. The summed E-state index contributed by atoms with van der Waals surface area (Å²) >= 11 is 12.2. The maximum atomic E-state index is 13.4. The molecular weight excluding hydrogens is 448 g/mol. The first-order valence-corrected chi connectivity index (χ1v) is 10.6. The number of methoxy groups -OCH3 is 1. The van der Waals surface area contributed by atoms with E-state index in [1.165, 1.54) is 0 Å². The van der Waals surface area contributed by atoms with Crippen LogP contribution in [0.1, 0.15) is 24.3 Å². The van der Waals surface area contributed by atoms with E-state index in [4.69, 9.17) is 33.1 Å². The van der Waals surface area contributed by atoms with Gasteiger partial charge in [0.25, 0.3) is 5.91 Å². The summed E-state index contributed by atoms with van der Waals surface area (Å²) in [5, 5.41) is 10.9. The Balaban J connectivity index is 1.81. The Morgan fingerprint density at radius 2 is 1.94 bits per heavy atom. The highest BCUT2D eigenvalue weighted by molar-refractivity contribution is 7.80. The summed E-state index contributed by atoms with van der Waals surface area (Å²) in [6, 6.07) is 15.9. The van der Waals surface area contributed by atoms with Crippen LogP contribution in [0.5, 0.6) is 5.75 Å². The van der Waals surface area contributed by atoms with Crippen LogP contribution in [0.2, 0.25) is 5.02 Å². The van der Waals surface area contributed by atoms with E-state index in [-0.39, 0.29) is 5.91 Å². The highest BCUT2D eigenvalue weighted by Crippen LogP contribution is 2.37. The number of thiocarbonyl (C=S) groups is 1. The summed E-state index contributed by atoms with van der Waals surface area (Å²) in [5.74, 6) is 1.31. The Bertz CT molecular complexity index is 1210. The maximum absolute atomic E-state index is 13.4. The molecule has 1 atom stereocenters. The predicted octanol–water partition coefficient (Wildman–Crippen LogP) is 4.99. The molecule has 0 spiro atoms. The molecule has 4 rings (SSSR count). The van der Waals surface area contributed by atoms with Gasteiger partial charge in [-0.05, 0) is 62.0 Å². The fourth-order valence-corrected chi connectivity index (χ4v) is 4.24. The average molecular weight is 469 g/mol. The molecule has 32 heavy (non-hydrogen) atoms. The number of allylic oxidation sites excluding steroid dienone is 1. The van der Waals surface area contributed by atoms with Gasteiger partial charge in [-0.2, -0.15) is 0 Å². The minimum atomic E-state index is -0.543. The number of carbonyl (C=O) groups excluding carboxylic acids is 1. The molecular formula is C23H21ClN4O3S. The van der Waals surface area contributed by atoms with Gasteiger partial charge in [-0.25, -0.2) is 0 Å². The summed E-state index contributed by atoms with van der Waals surface area (Å²) < 4.78 is 10.3. The van der Waals surface area contributed by atoms with Crippen LogP contribution in [-0.2, 0) is 4.79 Å². The lowest BCUT2D eigenvalue weighted by Crippen LogP contribution is -2.48. The number of nitrogens with zero attached hydrogens (tertiary/aromatic N) is 2. The van der Waals surface area contributed by atoms with Crippen molar-refractivity contribution in [2.75, 3.05) is 17.3 Å². The number of anilines is 2. The fraction of sp³-hybridized carbons (Fsp3) is 0.174. The van der Waals surface area contributed by atoms with Crippen LogP contribution in [-0.4, -0.2) is 23.3 Å². The van der Waals surface area contributed by atoms with Crippen LogP contribution in [0.3, 0.4) is 0 Å². The molecule has 0 bridgehead atoms. The largest absolute Gasteiger partial charge is 0.497 e. The molecule has 1 aromatic heterocycles. The predicted molar refractivity (Wildman–Crippen MR) is 128 cm³/mol. The molecule has 9 heteroatoms. The van der Waals surface area contributed by atoms with Crippen molar-refractivity contribution in [1.29, 1.82) is 0 Å². The van der Waals surface area contributed by atoms with Gasteiger partial charge in [0, 0.05) is 22.5 Å². The van der Waals surface area contributed by atoms with E-state index >= 15 is 0 Å². The Kier molecular flexibility index (Phi) is 6.16. The number of hydrogen-bond donors (Lipinski definition) is 2. The number of carbonyl (C=O) groups is 1. The van der Waals surface area contributed by atoms with Crippen LogP contribution in [0.25, 0.3) is 0 Å². The van der Waals surface area contributed by atoms with E-state index in [0.29, 0.717) is 33.0 Å². The normalized spacial score (nSPS) is 16.1. The SMILES string of the molecule is COc1ccc(N2C(=S)NC(c3ccccc3Cl)C(C(=O)Nc3cc(C)on3)=C2C)cc1. The van der Waals surface area contributed by atoms with Gasteiger partial charge < -0.3 is 19.9 Å². The van der Waals surface area contributed by atoms with Gasteiger partial charge in [0.1, 0.15) is 11.5 Å². The highest BCUT2D eigenvalue weighted by atomic mass is 35.5. The number of halogens is 1. The van der Waals surface area contributed by atoms with Gasteiger partial charge in [-0.3, -0.25) is 9.69 Å². The molecule has 3 aromatic rings. The number of rotatable bonds is 5. The summed E-state index contributed by atoms with van der Waals surface area (Å²) in [4.78, 5) is 15.3. The molecule has 1 aliphatic heterocycles. The Labute approximate surface area is 196 Å². The Morgan fingerprint density at radius 1 is 1.22 bits per heavy atom. The van der Waals surface area contributed by atoms with Crippen LogP contribution < -0.4 is 20.3 Å². The molecule has 2 aromatic carbocycles. The number of nitrogens with one attached hydrogen (secondary N) is 2. The summed E-state index contributed by atoms with van der Waals surface area (Å²) in [7, 11) is 1.61. The zero-order valence-electron chi connectivity index (χ0n) is 17.7. The van der Waals surface area contributed by atoms with Crippen LogP contribution >= 0.6 is 23.8 Å². The van der Waals surface area contributed by atoms with Crippen molar-refractivity contribution in [3.8, 4) is 5.75 Å². The second-order valence-electron chi connectivity index (χ2n) is 7.21. The number of aromatic nitrogens is 1. The molecule has 2 heterocycles. The summed E-state index contributed by atoms with van der Waals surface area (Å²) in [6.45, 7) is 3.61. The monoisotopic (exact) mass is 468 g/mol. The van der Waals surface area contributed by atoms with Crippen molar-refractivity contribution in [3.63, 3.8) is 0 Å². The third-order valence-corrected chi connectivity index (χ3v) is 5.79. The van der Waals surface area contributed by atoms with Crippen molar-refractivity contribution in [1.82, 2.24) is 10.5 Å². The van der Waals surface area contributed by atoms with Gasteiger partial charge >= 0.3 is 0 Å². The summed E-state index contributed by atoms with van der Waals surface area (Å²) in [5.41, 5.74) is 2.66. The van der Waals surface area contributed by atoms with E-state index in [9.17, 15) is 4.79 Å². The minimum absolute atomic E-state index is 0.329. The van der Waals surface area contributed by atoms with E-state index in [1.807, 2.05) is 54.3 Å². The maximum Gasteiger partial charge on any atom is 0.257 e. The number of aryl methyl sites for hydroxylation is 1. The molecule has 2 N–H and O–H groups in total. The smallest absolute Gasteiger partial charge is 0.257 e. The number of benzene rings is 2. The van der Waals surface area contributed by atoms with Gasteiger partial charge in [0.2, 0.25) is 0 Å². The minimum Gasteiger partial charge on any atom is -0.497 e. The average Bonchev–Trinajstić information content (AvgIpc) is 3.18. The quantitative estimate of drug-likeness (QED) is 0.510. The zero-order chi connectivity index (χ0) is 22.8. The van der Waals surface area contributed by atoms with E-state index in [2.05, 4.69) is 15.8 Å². The lowest BCUT2D eigenvalue weighted by molar-refractivity contribution is -0.113. The van der Waals surface area contributed by atoms with Gasteiger partial charge in [0.05, 0.1) is 18.7 Å². The molecule has 0 saturated heterocycles. The van der Waals surface area contributed by atoms with E-state index in [0.717, 1.165) is 17.0 Å². The topological polar surface area (TPSA) is 79.6 Å². The van der Waals surface area contributed by atoms with Gasteiger partial charge in [-0.1, -0.05) is 35.0 Å². The second-order valence-corrected chi connectivity index (χ2v) is 8.01. The van der Waals surface area contributed by atoms with Gasteiger partial charge in [-0.15, -0.1) is 0 Å². The van der Waals surface area contributed by atoms with Crippen LogP contribution in [0.15, 0.2) is 70.4 Å². The first-order chi connectivity index (χ1) is 15.4. The second kappa shape index (κ2) is 9.02. The first-order valence-electron chi connectivity index (χ1n) is 9.83. The number of hydrogen-bond acceptors (Lipinski definition) is 5. The zero-order valence-corrected chi connectivity index (χ0v) is 19.3.